The molecule has 0 radical (unpaired) electrons. The van der Waals surface area contributed by atoms with Crippen molar-refractivity contribution >= 4 is 5.71 Å². The van der Waals surface area contributed by atoms with Gasteiger partial charge in [0.05, 0.1) is 5.69 Å². The lowest BCUT2D eigenvalue weighted by Crippen LogP contribution is -2.20. The standard InChI is InChI=1S/C13H17N3/c1-3-4-8-15-12(2)10-14-11-13-7-5-6-9-16-13/h3-9,14H,1,10-11H2,2H3/b8-4-,15-12?. The van der Waals surface area contributed by atoms with Crippen LogP contribution < -0.4 is 5.32 Å². The van der Waals surface area contributed by atoms with E-state index in [2.05, 4.69) is 21.9 Å². The molecule has 84 valence electrons. The Kier molecular flexibility index (Phi) is 5.81. The zero-order valence-electron chi connectivity index (χ0n) is 9.56. The summed E-state index contributed by atoms with van der Waals surface area (Å²) in [6, 6.07) is 5.89. The molecule has 0 saturated carbocycles. The Hall–Kier alpha value is -1.74. The van der Waals surface area contributed by atoms with Crippen molar-refractivity contribution in [1.29, 1.82) is 0 Å². The van der Waals surface area contributed by atoms with Gasteiger partial charge in [-0.25, -0.2) is 0 Å². The fourth-order valence-electron chi connectivity index (χ4n) is 1.15. The second kappa shape index (κ2) is 7.54. The summed E-state index contributed by atoms with van der Waals surface area (Å²) in [6.45, 7) is 7.09. The number of aromatic nitrogens is 1. The van der Waals surface area contributed by atoms with E-state index >= 15 is 0 Å². The van der Waals surface area contributed by atoms with Gasteiger partial charge in [0.1, 0.15) is 0 Å². The highest BCUT2D eigenvalue weighted by Crippen LogP contribution is 1.91. The third-order valence-electron chi connectivity index (χ3n) is 1.93. The molecule has 0 fully saturated rings. The predicted octanol–water partition coefficient (Wildman–Crippen LogP) is 2.33. The van der Waals surface area contributed by atoms with E-state index in [-0.39, 0.29) is 0 Å². The van der Waals surface area contributed by atoms with E-state index in [1.54, 1.807) is 18.5 Å². The van der Waals surface area contributed by atoms with Gasteiger partial charge < -0.3 is 5.32 Å². The molecule has 3 nitrogen and oxygen atoms in total. The Morgan fingerprint density at radius 1 is 1.56 bits per heavy atom. The monoisotopic (exact) mass is 215 g/mol. The minimum absolute atomic E-state index is 0.762. The Morgan fingerprint density at radius 2 is 2.44 bits per heavy atom. The lowest BCUT2D eigenvalue weighted by Gasteiger charge is -2.02. The minimum atomic E-state index is 0.762. The smallest absolute Gasteiger partial charge is 0.0541 e. The van der Waals surface area contributed by atoms with Gasteiger partial charge in [-0.2, -0.15) is 0 Å². The van der Waals surface area contributed by atoms with E-state index < -0.39 is 0 Å². The molecule has 0 atom stereocenters. The summed E-state index contributed by atoms with van der Waals surface area (Å²) in [4.78, 5) is 8.45. The Labute approximate surface area is 96.6 Å². The van der Waals surface area contributed by atoms with Crippen LogP contribution in [0.1, 0.15) is 12.6 Å². The van der Waals surface area contributed by atoms with E-state index in [4.69, 9.17) is 0 Å². The van der Waals surface area contributed by atoms with Gasteiger partial charge in [-0.05, 0) is 25.1 Å². The van der Waals surface area contributed by atoms with Crippen molar-refractivity contribution in [3.63, 3.8) is 0 Å². The molecule has 0 amide bonds. The molecule has 0 aliphatic heterocycles. The van der Waals surface area contributed by atoms with Crippen molar-refractivity contribution in [3.05, 3.63) is 55.0 Å². The highest BCUT2D eigenvalue weighted by molar-refractivity contribution is 5.84. The molecule has 0 unspecified atom stereocenters. The molecule has 1 heterocycles. The van der Waals surface area contributed by atoms with Gasteiger partial charge in [-0.15, -0.1) is 0 Å². The molecular weight excluding hydrogens is 198 g/mol. The van der Waals surface area contributed by atoms with E-state index in [0.29, 0.717) is 0 Å². The molecule has 1 N–H and O–H groups in total. The quantitative estimate of drug-likeness (QED) is 0.584. The number of rotatable bonds is 6. The zero-order valence-corrected chi connectivity index (χ0v) is 9.56. The third kappa shape index (κ3) is 5.22. The number of hydrogen-bond acceptors (Lipinski definition) is 3. The third-order valence-corrected chi connectivity index (χ3v) is 1.93. The second-order valence-corrected chi connectivity index (χ2v) is 3.37. The normalized spacial score (nSPS) is 11.9. The lowest BCUT2D eigenvalue weighted by atomic mass is 10.3. The highest BCUT2D eigenvalue weighted by Gasteiger charge is 1.93. The predicted molar refractivity (Wildman–Crippen MR) is 68.4 cm³/mol. The largest absolute Gasteiger partial charge is 0.306 e. The number of aliphatic imine (C=N–C) groups is 1. The average Bonchev–Trinajstić information content (AvgIpc) is 2.31. The second-order valence-electron chi connectivity index (χ2n) is 3.37. The van der Waals surface area contributed by atoms with Crippen LogP contribution in [0.3, 0.4) is 0 Å². The molecule has 0 spiro atoms. The first-order chi connectivity index (χ1) is 7.83. The van der Waals surface area contributed by atoms with E-state index in [9.17, 15) is 0 Å². The average molecular weight is 215 g/mol. The molecule has 1 aromatic rings. The van der Waals surface area contributed by atoms with Crippen molar-refractivity contribution in [2.45, 2.75) is 13.5 Å². The van der Waals surface area contributed by atoms with Crippen LogP contribution in [0.5, 0.6) is 0 Å². The Balaban J connectivity index is 2.28. The maximum absolute atomic E-state index is 4.23. The molecule has 16 heavy (non-hydrogen) atoms. The van der Waals surface area contributed by atoms with Crippen LogP contribution in [0.15, 0.2) is 54.3 Å². The SMILES string of the molecule is C=C/C=C\N=C(C)CNCc1ccccn1. The molecular formula is C13H17N3. The first-order valence-electron chi connectivity index (χ1n) is 5.24. The maximum atomic E-state index is 4.23. The first kappa shape index (κ1) is 12.3. The Bertz CT molecular complexity index is 366. The summed E-state index contributed by atoms with van der Waals surface area (Å²) < 4.78 is 0. The lowest BCUT2D eigenvalue weighted by molar-refractivity contribution is 0.753. The molecule has 0 bridgehead atoms. The van der Waals surface area contributed by atoms with Crippen molar-refractivity contribution < 1.29 is 0 Å². The van der Waals surface area contributed by atoms with Gasteiger partial charge in [-0.1, -0.05) is 18.7 Å². The summed E-state index contributed by atoms with van der Waals surface area (Å²) in [5, 5.41) is 3.28. The van der Waals surface area contributed by atoms with Crippen LogP contribution >= 0.6 is 0 Å². The van der Waals surface area contributed by atoms with Gasteiger partial charge in [0.25, 0.3) is 0 Å². The van der Waals surface area contributed by atoms with Crippen LogP contribution in [0, 0.1) is 0 Å². The van der Waals surface area contributed by atoms with Crippen LogP contribution in [-0.4, -0.2) is 17.2 Å². The van der Waals surface area contributed by atoms with Gasteiger partial charge >= 0.3 is 0 Å². The van der Waals surface area contributed by atoms with Crippen LogP contribution in [0.2, 0.25) is 0 Å². The number of allylic oxidation sites excluding steroid dienone is 2. The number of hydrogen-bond donors (Lipinski definition) is 1. The van der Waals surface area contributed by atoms with E-state index in [1.807, 2.05) is 31.2 Å². The first-order valence-corrected chi connectivity index (χ1v) is 5.24. The van der Waals surface area contributed by atoms with Crippen LogP contribution in [0.25, 0.3) is 0 Å². The summed E-state index contributed by atoms with van der Waals surface area (Å²) in [5.41, 5.74) is 2.07. The van der Waals surface area contributed by atoms with Gasteiger partial charge in [0.15, 0.2) is 0 Å². The van der Waals surface area contributed by atoms with Crippen LogP contribution in [0.4, 0.5) is 0 Å². The fraction of sp³-hybridized carbons (Fsp3) is 0.231. The summed E-state index contributed by atoms with van der Waals surface area (Å²) in [7, 11) is 0. The topological polar surface area (TPSA) is 37.3 Å². The van der Waals surface area contributed by atoms with Crippen molar-refractivity contribution in [1.82, 2.24) is 10.3 Å². The fourth-order valence-corrected chi connectivity index (χ4v) is 1.15. The minimum Gasteiger partial charge on any atom is -0.306 e. The van der Waals surface area contributed by atoms with Crippen molar-refractivity contribution in [2.24, 2.45) is 4.99 Å². The molecule has 1 rings (SSSR count). The maximum Gasteiger partial charge on any atom is 0.0541 e. The Morgan fingerprint density at radius 3 is 3.12 bits per heavy atom. The van der Waals surface area contributed by atoms with E-state index in [1.165, 1.54) is 0 Å². The summed E-state index contributed by atoms with van der Waals surface area (Å²) >= 11 is 0. The number of nitrogens with zero attached hydrogens (tertiary/aromatic N) is 2. The van der Waals surface area contributed by atoms with E-state index in [0.717, 1.165) is 24.5 Å². The summed E-state index contributed by atoms with van der Waals surface area (Å²) in [6.07, 6.45) is 7.05. The van der Waals surface area contributed by atoms with Crippen molar-refractivity contribution in [3.8, 4) is 0 Å². The summed E-state index contributed by atoms with van der Waals surface area (Å²) in [5.74, 6) is 0. The number of nitrogens with one attached hydrogen (secondary N) is 1. The highest BCUT2D eigenvalue weighted by atomic mass is 14.9. The van der Waals surface area contributed by atoms with Gasteiger partial charge in [-0.3, -0.25) is 9.98 Å². The van der Waals surface area contributed by atoms with Gasteiger partial charge in [0.2, 0.25) is 0 Å². The van der Waals surface area contributed by atoms with Gasteiger partial charge in [0, 0.05) is 31.2 Å². The molecule has 0 aliphatic carbocycles. The zero-order chi connectivity index (χ0) is 11.6. The number of pyridine rings is 1. The van der Waals surface area contributed by atoms with Crippen molar-refractivity contribution in [2.75, 3.05) is 6.54 Å². The molecule has 0 saturated heterocycles. The van der Waals surface area contributed by atoms with Crippen LogP contribution in [-0.2, 0) is 6.54 Å². The molecule has 0 aromatic carbocycles. The molecule has 0 aliphatic rings. The molecule has 1 aromatic heterocycles. The molecule has 3 heteroatoms.